The van der Waals surface area contributed by atoms with Gasteiger partial charge in [0.05, 0.1) is 5.92 Å². The van der Waals surface area contributed by atoms with E-state index in [1.807, 2.05) is 44.9 Å². The number of hydrogen-bond acceptors (Lipinski definition) is 2. The molecule has 1 aromatic rings. The summed E-state index contributed by atoms with van der Waals surface area (Å²) in [6.07, 6.45) is 20.5. The van der Waals surface area contributed by atoms with Crippen LogP contribution in [0.1, 0.15) is 10.4 Å². The smallest absolute Gasteiger partial charge is 0.293 e. The van der Waals surface area contributed by atoms with Crippen LogP contribution in [0, 0.1) is 63.7 Å². The van der Waals surface area contributed by atoms with Crippen molar-refractivity contribution in [2.75, 3.05) is 0 Å². The molecule has 0 bridgehead atoms. The molecule has 10 radical (unpaired) electrons. The van der Waals surface area contributed by atoms with Gasteiger partial charge in [-0.3, -0.25) is 9.78 Å². The zero-order valence-corrected chi connectivity index (χ0v) is 11.3. The zero-order chi connectivity index (χ0) is 12.6. The first kappa shape index (κ1) is 16.4. The fourth-order valence-corrected chi connectivity index (χ4v) is 1.51. The monoisotopic (exact) mass is 291 g/mol. The zero-order valence-electron chi connectivity index (χ0n) is 10.2. The molecule has 19 heavy (non-hydrogen) atoms. The van der Waals surface area contributed by atoms with Crippen molar-refractivity contribution in [3.8, 4) is 0 Å². The normalized spacial score (nSPS) is 18.3. The van der Waals surface area contributed by atoms with E-state index in [-0.39, 0.29) is 22.9 Å². The van der Waals surface area contributed by atoms with Crippen molar-refractivity contribution in [2.24, 2.45) is 0 Å². The molecular weight excluding hydrogens is 278 g/mol. The fraction of sp³-hybridized carbons (Fsp3) is 0. The molecule has 3 heteroatoms. The molecule has 2 saturated carbocycles. The Morgan fingerprint density at radius 1 is 0.895 bits per heavy atom. The topological polar surface area (TPSA) is 30.0 Å². The Bertz CT molecular complexity index is 349. The van der Waals surface area contributed by atoms with Crippen LogP contribution in [0.25, 0.3) is 0 Å². The second-order valence-corrected chi connectivity index (χ2v) is 3.71. The minimum Gasteiger partial charge on any atom is -0.293 e. The van der Waals surface area contributed by atoms with Crippen LogP contribution < -0.4 is 0 Å². The molecule has 0 unspecified atom stereocenters. The maximum atomic E-state index is 11.7. The van der Waals surface area contributed by atoms with Crippen LogP contribution in [0.2, 0.25) is 0 Å². The van der Waals surface area contributed by atoms with Gasteiger partial charge in [0.15, 0.2) is 5.78 Å². The van der Waals surface area contributed by atoms with Gasteiger partial charge in [0.2, 0.25) is 0 Å². The summed E-state index contributed by atoms with van der Waals surface area (Å²) in [5, 5.41) is 0. The Morgan fingerprint density at radius 3 is 1.95 bits per heavy atom. The van der Waals surface area contributed by atoms with E-state index >= 15 is 0 Å². The molecule has 2 aliphatic carbocycles. The van der Waals surface area contributed by atoms with Crippen molar-refractivity contribution in [1.29, 1.82) is 0 Å². The van der Waals surface area contributed by atoms with E-state index in [0.29, 0.717) is 11.5 Å². The van der Waals surface area contributed by atoms with Crippen LogP contribution in [-0.2, 0) is 17.1 Å². The second kappa shape index (κ2) is 9.28. The first-order valence-corrected chi connectivity index (χ1v) is 5.71. The van der Waals surface area contributed by atoms with Crippen LogP contribution in [0.4, 0.5) is 0 Å². The Morgan fingerprint density at radius 2 is 1.47 bits per heavy atom. The van der Waals surface area contributed by atoms with Crippen LogP contribution >= 0.6 is 0 Å². The summed E-state index contributed by atoms with van der Waals surface area (Å²) in [5.74, 6) is 0.742. The quantitative estimate of drug-likeness (QED) is 0.619. The Balaban J connectivity index is 0.000000256. The van der Waals surface area contributed by atoms with Gasteiger partial charge in [-0.05, 0) is 69.9 Å². The summed E-state index contributed by atoms with van der Waals surface area (Å²) < 4.78 is 0. The Labute approximate surface area is 126 Å². The van der Waals surface area contributed by atoms with Gasteiger partial charge in [-0.15, -0.1) is 0 Å². The van der Waals surface area contributed by atoms with Crippen molar-refractivity contribution in [1.82, 2.24) is 4.98 Å². The van der Waals surface area contributed by atoms with Gasteiger partial charge in [-0.1, -0.05) is 0 Å². The Kier molecular flexibility index (Phi) is 8.00. The van der Waals surface area contributed by atoms with E-state index in [2.05, 4.69) is 4.98 Å². The van der Waals surface area contributed by atoms with Gasteiger partial charge in [0, 0.05) is 18.0 Å². The summed E-state index contributed by atoms with van der Waals surface area (Å²) >= 11 is 0. The summed E-state index contributed by atoms with van der Waals surface area (Å²) in [4.78, 5) is 15.6. The molecule has 94 valence electrons. The molecule has 0 aliphatic heterocycles. The number of Topliss-reactive ketones (excluding diaryl/α,β-unsaturated/α-hetero) is 1. The number of carbonyl (C=O) groups excluding carboxylic acids is 1. The molecule has 0 spiro atoms. The van der Waals surface area contributed by atoms with E-state index in [4.69, 9.17) is 0 Å². The molecule has 0 aromatic carbocycles. The van der Waals surface area contributed by atoms with E-state index in [9.17, 15) is 4.79 Å². The van der Waals surface area contributed by atoms with Crippen LogP contribution in [0.3, 0.4) is 0 Å². The van der Waals surface area contributed by atoms with Crippen LogP contribution in [0.15, 0.2) is 24.5 Å². The number of aromatic nitrogens is 1. The minimum absolute atomic E-state index is 0. The van der Waals surface area contributed by atoms with Crippen molar-refractivity contribution in [3.63, 3.8) is 0 Å². The third-order valence-electron chi connectivity index (χ3n) is 2.40. The summed E-state index contributed by atoms with van der Waals surface area (Å²) in [6.45, 7) is 0. The number of nitrogens with zero attached hydrogens (tertiary/aromatic N) is 1. The average Bonchev–Trinajstić information content (AvgIpc) is 3.14. The van der Waals surface area contributed by atoms with Gasteiger partial charge in [-0.2, -0.15) is 0 Å². The first-order valence-electron chi connectivity index (χ1n) is 5.71. The van der Waals surface area contributed by atoms with E-state index in [0.717, 1.165) is 0 Å². The summed E-state index contributed by atoms with van der Waals surface area (Å²) in [6, 6.07) is 3.53. The predicted octanol–water partition coefficient (Wildman–Crippen LogP) is 2.69. The molecule has 2 aliphatic rings. The van der Waals surface area contributed by atoms with Crippen LogP contribution in [0.5, 0.6) is 0 Å². The van der Waals surface area contributed by atoms with Gasteiger partial charge < -0.3 is 0 Å². The molecule has 3 rings (SSSR count). The SMILES string of the molecule is O=C([C]1[CH][CH][CH][CH]1)c1cccnc1.[CH]1[CH][CH][CH][CH]1.[Fe+2]. The van der Waals surface area contributed by atoms with Gasteiger partial charge >= 0.3 is 17.1 Å². The number of rotatable bonds is 2. The molecule has 0 N–H and O–H groups in total. The number of pyridine rings is 1. The van der Waals surface area contributed by atoms with Gasteiger partial charge in [-0.25, -0.2) is 0 Å². The fourth-order valence-electron chi connectivity index (χ4n) is 1.51. The molecule has 1 aromatic heterocycles. The number of ketones is 1. The molecule has 2 nitrogen and oxygen atoms in total. The standard InChI is InChI=1S/C11H8NO.C5H5.Fe/c13-11(9-4-1-2-5-9)10-6-3-7-12-8-10;1-2-4-5-3-1;/h1-8H;1-5H;/q;;+2. The summed E-state index contributed by atoms with van der Waals surface area (Å²) in [7, 11) is 0. The third-order valence-corrected chi connectivity index (χ3v) is 2.40. The molecular formula is C16H13FeNO+2. The molecule has 2 fully saturated rings. The first-order chi connectivity index (χ1) is 8.88. The van der Waals surface area contributed by atoms with Crippen molar-refractivity contribution in [2.45, 2.75) is 0 Å². The number of carbonyl (C=O) groups is 1. The van der Waals surface area contributed by atoms with E-state index in [1.54, 1.807) is 37.4 Å². The van der Waals surface area contributed by atoms with Crippen molar-refractivity contribution in [3.05, 3.63) is 93.8 Å². The van der Waals surface area contributed by atoms with E-state index in [1.165, 1.54) is 0 Å². The molecule has 1 heterocycles. The predicted molar refractivity (Wildman–Crippen MR) is 70.5 cm³/mol. The Hall–Kier alpha value is -0.661. The third kappa shape index (κ3) is 5.46. The minimum atomic E-state index is 0. The second-order valence-electron chi connectivity index (χ2n) is 3.71. The maximum absolute atomic E-state index is 11.7. The average molecular weight is 291 g/mol. The van der Waals surface area contributed by atoms with Crippen LogP contribution in [-0.4, -0.2) is 10.8 Å². The maximum Gasteiger partial charge on any atom is 2.00 e. The van der Waals surface area contributed by atoms with Crippen molar-refractivity contribution >= 4 is 5.78 Å². The van der Waals surface area contributed by atoms with Gasteiger partial charge in [0.1, 0.15) is 0 Å². The molecule has 0 atom stereocenters. The molecule has 0 saturated heterocycles. The largest absolute Gasteiger partial charge is 2.00 e. The van der Waals surface area contributed by atoms with E-state index < -0.39 is 0 Å². The van der Waals surface area contributed by atoms with Crippen molar-refractivity contribution < 1.29 is 21.9 Å². The molecule has 0 amide bonds. The van der Waals surface area contributed by atoms with Gasteiger partial charge in [0.25, 0.3) is 0 Å². The number of hydrogen-bond donors (Lipinski definition) is 0. The summed E-state index contributed by atoms with van der Waals surface area (Å²) in [5.41, 5.74) is 0.633.